The molecular formula is C74H85Cl3N6O8. The van der Waals surface area contributed by atoms with Gasteiger partial charge in [-0.1, -0.05) is 65.1 Å². The summed E-state index contributed by atoms with van der Waals surface area (Å²) in [6.45, 7) is 16.9. The van der Waals surface area contributed by atoms with Crippen LogP contribution >= 0.6 is 34.8 Å². The first-order valence-electron chi connectivity index (χ1n) is 32.1. The van der Waals surface area contributed by atoms with Gasteiger partial charge in [-0.05, 0) is 201 Å². The van der Waals surface area contributed by atoms with E-state index in [1.807, 2.05) is 146 Å². The molecule has 0 aliphatic carbocycles. The van der Waals surface area contributed by atoms with Gasteiger partial charge in [0.05, 0.1) is 19.7 Å². The Morgan fingerprint density at radius 2 is 0.758 bits per heavy atom. The van der Waals surface area contributed by atoms with E-state index in [2.05, 4.69) is 34.5 Å². The monoisotopic (exact) mass is 1290 g/mol. The van der Waals surface area contributed by atoms with Crippen molar-refractivity contribution in [3.05, 3.63) is 184 Å². The van der Waals surface area contributed by atoms with E-state index in [9.17, 15) is 14.4 Å². The van der Waals surface area contributed by atoms with E-state index in [0.29, 0.717) is 0 Å². The van der Waals surface area contributed by atoms with Gasteiger partial charge in [0.2, 0.25) is 0 Å². The number of methoxy groups -OCH3 is 2. The van der Waals surface area contributed by atoms with Crippen molar-refractivity contribution < 1.29 is 38.1 Å². The van der Waals surface area contributed by atoms with Crippen LogP contribution in [0.1, 0.15) is 110 Å². The number of aryl methyl sites for hydroxylation is 3. The predicted molar refractivity (Wildman–Crippen MR) is 367 cm³/mol. The van der Waals surface area contributed by atoms with Gasteiger partial charge in [0.1, 0.15) is 47.1 Å². The quantitative estimate of drug-likeness (QED) is 0.0569. The van der Waals surface area contributed by atoms with Crippen molar-refractivity contribution in [1.29, 1.82) is 0 Å². The average Bonchev–Trinajstić information content (AvgIpc) is 1.75. The van der Waals surface area contributed by atoms with Crippen LogP contribution in [0.4, 0.5) is 0 Å². The van der Waals surface area contributed by atoms with Crippen LogP contribution < -0.4 is 23.7 Å². The van der Waals surface area contributed by atoms with Gasteiger partial charge in [0, 0.05) is 136 Å². The van der Waals surface area contributed by atoms with Crippen molar-refractivity contribution in [1.82, 2.24) is 28.4 Å². The van der Waals surface area contributed by atoms with Crippen LogP contribution in [0, 0.1) is 0 Å². The van der Waals surface area contributed by atoms with E-state index in [1.54, 1.807) is 35.0 Å². The van der Waals surface area contributed by atoms with Crippen molar-refractivity contribution in [2.24, 2.45) is 0 Å². The zero-order valence-corrected chi connectivity index (χ0v) is 55.4. The minimum atomic E-state index is 0.0831. The highest BCUT2D eigenvalue weighted by atomic mass is 35.5. The Bertz CT molecular complexity index is 3820. The maximum atomic E-state index is 12.1. The molecular weight excluding hydrogens is 1210 g/mol. The summed E-state index contributed by atoms with van der Waals surface area (Å²) >= 11 is 17.8. The molecule has 480 valence electrons. The predicted octanol–water partition coefficient (Wildman–Crippen LogP) is 16.3. The number of hydrogen-bond acceptors (Lipinski definition) is 11. The number of ketones is 3. The van der Waals surface area contributed by atoms with Gasteiger partial charge in [-0.3, -0.25) is 14.4 Å². The molecule has 0 bridgehead atoms. The second-order valence-corrected chi connectivity index (χ2v) is 25.3. The molecule has 12 rings (SSSR count). The molecule has 0 N–H and O–H groups in total. The molecule has 3 saturated heterocycles. The highest BCUT2D eigenvalue weighted by Crippen LogP contribution is 2.32. The number of para-hydroxylation sites is 2. The number of carbonyl (C=O) groups excluding carboxylic acids is 3. The number of halogens is 3. The summed E-state index contributed by atoms with van der Waals surface area (Å²) in [6.07, 6.45) is 16.1. The van der Waals surface area contributed by atoms with Gasteiger partial charge in [-0.15, -0.1) is 0 Å². The maximum absolute atomic E-state index is 12.1. The highest BCUT2D eigenvalue weighted by molar-refractivity contribution is 6.31. The number of rotatable bonds is 23. The summed E-state index contributed by atoms with van der Waals surface area (Å²) in [4.78, 5) is 43.6. The number of likely N-dealkylation sites (tertiary alicyclic amines) is 3. The third kappa shape index (κ3) is 18.1. The molecule has 6 heterocycles. The molecule has 91 heavy (non-hydrogen) atoms. The minimum Gasteiger partial charge on any atom is -0.497 e. The summed E-state index contributed by atoms with van der Waals surface area (Å²) in [6, 6.07) is 42.8. The summed E-state index contributed by atoms with van der Waals surface area (Å²) in [5, 5.41) is 5.18. The van der Waals surface area contributed by atoms with Gasteiger partial charge < -0.3 is 52.1 Å². The number of ether oxygens (including phenoxy) is 5. The van der Waals surface area contributed by atoms with E-state index in [4.69, 9.17) is 58.5 Å². The van der Waals surface area contributed by atoms with Gasteiger partial charge in [-0.25, -0.2) is 0 Å². The fraction of sp³-hybridized carbons (Fsp3) is 0.392. The average molecular weight is 1290 g/mol. The third-order valence-electron chi connectivity index (χ3n) is 17.7. The second kappa shape index (κ2) is 32.3. The second-order valence-electron chi connectivity index (χ2n) is 24.0. The molecule has 6 aromatic carbocycles. The lowest BCUT2D eigenvalue weighted by atomic mass is 10.1. The van der Waals surface area contributed by atoms with Gasteiger partial charge >= 0.3 is 0 Å². The third-order valence-corrected chi connectivity index (χ3v) is 18.4. The van der Waals surface area contributed by atoms with Gasteiger partial charge in [0.25, 0.3) is 0 Å². The SMILES string of the molecule is CC(=O)c1cn(CCCN2CCC(Oc3ccc(Cl)cc3)CC2)c2ccccc12.COc1ccc2c(c1)c(C(C)=O)cn2CCCN1CCC(Oc2ccc(Cl)cc2)CC1.COc1cccc2c(C(C)=O)cn(CCCN3CCC(Oc4ccc(Cl)cc4)CC3)c12. The molecule has 0 spiro atoms. The topological polar surface area (TPSA) is 122 Å². The van der Waals surface area contributed by atoms with Crippen molar-refractivity contribution >= 4 is 84.9 Å². The van der Waals surface area contributed by atoms with Crippen LogP contribution in [0.2, 0.25) is 15.1 Å². The van der Waals surface area contributed by atoms with E-state index < -0.39 is 0 Å². The summed E-state index contributed by atoms with van der Waals surface area (Å²) in [5.41, 5.74) is 5.57. The van der Waals surface area contributed by atoms with E-state index in [0.717, 1.165) is 230 Å². The standard InChI is InChI=1S/2C25H29ClN2O3.C24H27ClN2O2/c1-18(29)24-17-28(25-9-8-22(30-2)16-23(24)25)13-3-12-27-14-10-21(11-15-27)31-20-6-4-19(26)5-7-20;1-18(29)23-17-28(25-22(23)5-3-6-24(25)30-2)14-4-13-27-15-11-21(12-16-27)31-20-9-7-19(26)8-10-20;1-18(28)23-17-27(24-6-3-2-5-22(23)24)14-4-13-26-15-11-21(12-16-26)29-20-9-7-19(25)8-10-20/h4-9,16-17,21H,3,10-15H2,1-2H3;3,5-10,17,21H,4,11-16H2,1-2H3;2-3,5-10,17,21H,4,11-16H2,1H3. The number of fused-ring (bicyclic) bond motifs is 3. The minimum absolute atomic E-state index is 0.0831. The summed E-state index contributed by atoms with van der Waals surface area (Å²) in [5.74, 6) is 4.55. The zero-order chi connectivity index (χ0) is 63.8. The molecule has 17 heteroatoms. The maximum Gasteiger partial charge on any atom is 0.161 e. The van der Waals surface area contributed by atoms with E-state index in [1.165, 1.54) is 0 Å². The van der Waals surface area contributed by atoms with Crippen LogP contribution in [-0.4, -0.2) is 137 Å². The Morgan fingerprint density at radius 3 is 1.18 bits per heavy atom. The van der Waals surface area contributed by atoms with Crippen LogP contribution in [-0.2, 0) is 19.6 Å². The molecule has 0 radical (unpaired) electrons. The number of aromatic nitrogens is 3. The highest BCUT2D eigenvalue weighted by Gasteiger charge is 2.25. The Kier molecular flexibility index (Phi) is 23.7. The lowest BCUT2D eigenvalue weighted by Crippen LogP contribution is -2.38. The number of hydrogen-bond donors (Lipinski definition) is 0. The Labute approximate surface area is 550 Å². The number of carbonyl (C=O) groups is 3. The van der Waals surface area contributed by atoms with Gasteiger partial charge in [0.15, 0.2) is 17.3 Å². The van der Waals surface area contributed by atoms with Crippen LogP contribution in [0.15, 0.2) is 152 Å². The fourth-order valence-corrected chi connectivity index (χ4v) is 13.2. The normalized spacial score (nSPS) is 15.4. The summed E-state index contributed by atoms with van der Waals surface area (Å²) < 4.78 is 35.8. The Morgan fingerprint density at radius 1 is 0.396 bits per heavy atom. The van der Waals surface area contributed by atoms with Crippen LogP contribution in [0.5, 0.6) is 28.7 Å². The Hall–Kier alpha value is -7.30. The molecule has 0 unspecified atom stereocenters. The van der Waals surface area contributed by atoms with Crippen molar-refractivity contribution in [2.45, 2.75) is 117 Å². The molecule has 0 atom stereocenters. The molecule has 0 saturated carbocycles. The van der Waals surface area contributed by atoms with Crippen molar-refractivity contribution in [3.63, 3.8) is 0 Å². The molecule has 3 aliphatic heterocycles. The van der Waals surface area contributed by atoms with Crippen LogP contribution in [0.3, 0.4) is 0 Å². The first-order valence-corrected chi connectivity index (χ1v) is 33.2. The molecule has 3 fully saturated rings. The van der Waals surface area contributed by atoms with E-state index in [-0.39, 0.29) is 35.7 Å². The summed E-state index contributed by atoms with van der Waals surface area (Å²) in [7, 11) is 3.32. The molecule has 9 aromatic rings. The van der Waals surface area contributed by atoms with Gasteiger partial charge in [-0.2, -0.15) is 0 Å². The first-order chi connectivity index (χ1) is 44.2. The fourth-order valence-electron chi connectivity index (χ4n) is 12.8. The number of benzene rings is 6. The molecule has 3 aliphatic rings. The number of nitrogens with zero attached hydrogens (tertiary/aromatic N) is 6. The number of piperidine rings is 3. The largest absolute Gasteiger partial charge is 0.497 e. The lowest BCUT2D eigenvalue weighted by Gasteiger charge is -2.32. The van der Waals surface area contributed by atoms with E-state index >= 15 is 0 Å². The smallest absolute Gasteiger partial charge is 0.161 e. The molecule has 0 amide bonds. The molecule has 3 aromatic heterocycles. The molecule has 14 nitrogen and oxygen atoms in total. The first kappa shape index (κ1) is 66.6. The lowest BCUT2D eigenvalue weighted by molar-refractivity contribution is 0.0991. The zero-order valence-electron chi connectivity index (χ0n) is 53.1. The van der Waals surface area contributed by atoms with Crippen molar-refractivity contribution in [3.8, 4) is 28.7 Å². The Balaban J connectivity index is 0.000000150. The van der Waals surface area contributed by atoms with Crippen molar-refractivity contribution in [2.75, 3.05) is 73.1 Å². The van der Waals surface area contributed by atoms with Crippen LogP contribution in [0.25, 0.3) is 32.7 Å². The number of Topliss-reactive ketones (excluding diaryl/α,β-unsaturated/α-hetero) is 3.